The van der Waals surface area contributed by atoms with Crippen molar-refractivity contribution in [1.82, 2.24) is 0 Å². The van der Waals surface area contributed by atoms with Gasteiger partial charge in [-0.25, -0.2) is 0 Å². The smallest absolute Gasteiger partial charge is 0.121 e. The Bertz CT molecular complexity index is 285. The van der Waals surface area contributed by atoms with Crippen molar-refractivity contribution in [3.05, 3.63) is 12.3 Å². The molecular weight excluding hydrogens is 170 g/mol. The highest BCUT2D eigenvalue weighted by atomic mass is 16.4. The van der Waals surface area contributed by atoms with Crippen molar-refractivity contribution in [2.45, 2.75) is 30.7 Å². The largest absolute Gasteiger partial charge is 0.390 e. The monoisotopic (exact) mass is 183 g/mol. The SMILES string of the molecule is C[C@@]1(O)CC(O)[C@]2(O)C=CN=C[C@H]21. The van der Waals surface area contributed by atoms with Crippen molar-refractivity contribution in [2.75, 3.05) is 0 Å². The number of hydrogen-bond acceptors (Lipinski definition) is 4. The van der Waals surface area contributed by atoms with E-state index in [-0.39, 0.29) is 6.42 Å². The summed E-state index contributed by atoms with van der Waals surface area (Å²) in [6.45, 7) is 1.60. The molecule has 4 nitrogen and oxygen atoms in total. The van der Waals surface area contributed by atoms with Crippen LogP contribution in [0.4, 0.5) is 0 Å². The molecule has 1 saturated carbocycles. The minimum absolute atomic E-state index is 0.171. The Balaban J connectivity index is 2.43. The van der Waals surface area contributed by atoms with Gasteiger partial charge in [0.1, 0.15) is 5.60 Å². The molecule has 72 valence electrons. The quantitative estimate of drug-likeness (QED) is 0.471. The van der Waals surface area contributed by atoms with Crippen LogP contribution in [0.3, 0.4) is 0 Å². The van der Waals surface area contributed by atoms with Gasteiger partial charge in [0.15, 0.2) is 0 Å². The van der Waals surface area contributed by atoms with E-state index in [0.717, 1.165) is 0 Å². The molecule has 13 heavy (non-hydrogen) atoms. The molecule has 4 heteroatoms. The van der Waals surface area contributed by atoms with Crippen LogP contribution in [-0.2, 0) is 0 Å². The lowest BCUT2D eigenvalue weighted by molar-refractivity contribution is -0.0395. The lowest BCUT2D eigenvalue weighted by atomic mass is 9.83. The maximum absolute atomic E-state index is 10.0. The van der Waals surface area contributed by atoms with E-state index in [4.69, 9.17) is 0 Å². The summed E-state index contributed by atoms with van der Waals surface area (Å²) in [5, 5.41) is 29.5. The van der Waals surface area contributed by atoms with E-state index in [9.17, 15) is 15.3 Å². The summed E-state index contributed by atoms with van der Waals surface area (Å²) < 4.78 is 0. The number of fused-ring (bicyclic) bond motifs is 1. The normalized spacial score (nSPS) is 53.8. The number of nitrogens with zero attached hydrogens (tertiary/aromatic N) is 1. The lowest BCUT2D eigenvalue weighted by Gasteiger charge is -2.32. The highest BCUT2D eigenvalue weighted by Crippen LogP contribution is 2.44. The summed E-state index contributed by atoms with van der Waals surface area (Å²) in [6.07, 6.45) is 3.64. The molecule has 0 spiro atoms. The molecule has 0 amide bonds. The average Bonchev–Trinajstić information content (AvgIpc) is 2.20. The van der Waals surface area contributed by atoms with Gasteiger partial charge in [0.25, 0.3) is 0 Å². The molecule has 0 saturated heterocycles. The third-order valence-electron chi connectivity index (χ3n) is 2.97. The van der Waals surface area contributed by atoms with Gasteiger partial charge >= 0.3 is 0 Å². The second-order valence-corrected chi connectivity index (χ2v) is 4.06. The zero-order valence-electron chi connectivity index (χ0n) is 7.38. The number of aliphatic imine (C=N–C) groups is 1. The van der Waals surface area contributed by atoms with Crippen molar-refractivity contribution in [2.24, 2.45) is 10.9 Å². The van der Waals surface area contributed by atoms with Gasteiger partial charge in [-0.05, 0) is 13.0 Å². The zero-order chi connectivity index (χ0) is 9.69. The lowest BCUT2D eigenvalue weighted by Crippen LogP contribution is -2.46. The second-order valence-electron chi connectivity index (χ2n) is 4.06. The third kappa shape index (κ3) is 1.06. The van der Waals surface area contributed by atoms with Gasteiger partial charge in [0, 0.05) is 18.8 Å². The molecule has 3 N–H and O–H groups in total. The van der Waals surface area contributed by atoms with Crippen LogP contribution in [0, 0.1) is 5.92 Å². The highest BCUT2D eigenvalue weighted by molar-refractivity contribution is 5.69. The first-order chi connectivity index (χ1) is 5.97. The Hall–Kier alpha value is -0.710. The van der Waals surface area contributed by atoms with Crippen molar-refractivity contribution in [1.29, 1.82) is 0 Å². The Kier molecular flexibility index (Phi) is 1.64. The fourth-order valence-electron chi connectivity index (χ4n) is 2.18. The first kappa shape index (κ1) is 8.87. The van der Waals surface area contributed by atoms with Gasteiger partial charge in [-0.1, -0.05) is 0 Å². The van der Waals surface area contributed by atoms with Gasteiger partial charge in [0.2, 0.25) is 0 Å². The van der Waals surface area contributed by atoms with E-state index in [1.54, 1.807) is 6.92 Å². The molecule has 1 aliphatic carbocycles. The molecule has 1 unspecified atom stereocenters. The van der Waals surface area contributed by atoms with Crippen LogP contribution in [-0.4, -0.2) is 38.8 Å². The summed E-state index contributed by atoms with van der Waals surface area (Å²) in [4.78, 5) is 3.86. The van der Waals surface area contributed by atoms with E-state index in [0.29, 0.717) is 0 Å². The van der Waals surface area contributed by atoms with Gasteiger partial charge in [-0.2, -0.15) is 0 Å². The summed E-state index contributed by atoms with van der Waals surface area (Å²) >= 11 is 0. The molecule has 2 aliphatic rings. The number of aliphatic hydroxyl groups excluding tert-OH is 1. The topological polar surface area (TPSA) is 73.0 Å². The second kappa shape index (κ2) is 2.41. The van der Waals surface area contributed by atoms with Gasteiger partial charge in [-0.3, -0.25) is 4.99 Å². The van der Waals surface area contributed by atoms with Crippen LogP contribution in [0.2, 0.25) is 0 Å². The van der Waals surface area contributed by atoms with Crippen LogP contribution in [0.25, 0.3) is 0 Å². The fourth-order valence-corrected chi connectivity index (χ4v) is 2.18. The molecule has 0 aromatic carbocycles. The van der Waals surface area contributed by atoms with Crippen molar-refractivity contribution >= 4 is 6.21 Å². The molecule has 0 aromatic rings. The standard InChI is InChI=1S/C9H13NO3/c1-8(12)4-7(11)9(13)2-3-10-5-6(8)9/h2-3,5-7,11-13H,4H2,1H3/t6-,7?,8+,9-/m0/s1. The van der Waals surface area contributed by atoms with E-state index in [2.05, 4.69) is 4.99 Å². The van der Waals surface area contributed by atoms with Crippen LogP contribution < -0.4 is 0 Å². The van der Waals surface area contributed by atoms with Crippen LogP contribution in [0.15, 0.2) is 17.3 Å². The molecule has 0 aromatic heterocycles. The minimum Gasteiger partial charge on any atom is -0.390 e. The van der Waals surface area contributed by atoms with Crippen molar-refractivity contribution in [3.63, 3.8) is 0 Å². The summed E-state index contributed by atoms with van der Waals surface area (Å²) in [7, 11) is 0. The van der Waals surface area contributed by atoms with E-state index in [1.165, 1.54) is 18.5 Å². The van der Waals surface area contributed by atoms with Gasteiger partial charge < -0.3 is 15.3 Å². The summed E-state index contributed by atoms with van der Waals surface area (Å²) in [5.74, 6) is -0.514. The first-order valence-corrected chi connectivity index (χ1v) is 4.30. The summed E-state index contributed by atoms with van der Waals surface area (Å²) in [5.41, 5.74) is -2.42. The summed E-state index contributed by atoms with van der Waals surface area (Å²) in [6, 6.07) is 0. The minimum atomic E-state index is -1.34. The Morgan fingerprint density at radius 1 is 1.46 bits per heavy atom. The highest BCUT2D eigenvalue weighted by Gasteiger charge is 2.57. The van der Waals surface area contributed by atoms with Gasteiger partial charge in [0.05, 0.1) is 17.6 Å². The van der Waals surface area contributed by atoms with Crippen molar-refractivity contribution in [3.8, 4) is 0 Å². The molecule has 0 radical (unpaired) electrons. The molecule has 1 heterocycles. The molecule has 4 atom stereocenters. The molecule has 1 fully saturated rings. The van der Waals surface area contributed by atoms with Crippen molar-refractivity contribution < 1.29 is 15.3 Å². The predicted octanol–water partition coefficient (Wildman–Crippen LogP) is -0.553. The molecule has 2 rings (SSSR count). The van der Waals surface area contributed by atoms with E-state index >= 15 is 0 Å². The number of hydrogen-bond donors (Lipinski definition) is 3. The maximum Gasteiger partial charge on any atom is 0.121 e. The Morgan fingerprint density at radius 3 is 2.77 bits per heavy atom. The number of aliphatic hydroxyl groups is 3. The molecule has 0 bridgehead atoms. The van der Waals surface area contributed by atoms with Gasteiger partial charge in [-0.15, -0.1) is 0 Å². The Labute approximate surface area is 76.2 Å². The maximum atomic E-state index is 10.0. The zero-order valence-corrected chi connectivity index (χ0v) is 7.38. The van der Waals surface area contributed by atoms with E-state index in [1.807, 2.05) is 0 Å². The third-order valence-corrected chi connectivity index (χ3v) is 2.97. The first-order valence-electron chi connectivity index (χ1n) is 4.30. The van der Waals surface area contributed by atoms with Crippen LogP contribution >= 0.6 is 0 Å². The molecular formula is C9H13NO3. The molecule has 1 aliphatic heterocycles. The number of rotatable bonds is 0. The average molecular weight is 183 g/mol. The Morgan fingerprint density at radius 2 is 2.15 bits per heavy atom. The van der Waals surface area contributed by atoms with Crippen LogP contribution in [0.1, 0.15) is 13.3 Å². The van der Waals surface area contributed by atoms with E-state index < -0.39 is 23.2 Å². The predicted molar refractivity (Wildman–Crippen MR) is 47.3 cm³/mol. The fraction of sp³-hybridized carbons (Fsp3) is 0.667. The van der Waals surface area contributed by atoms with Crippen LogP contribution in [0.5, 0.6) is 0 Å².